The number of aryl methyl sites for hydroxylation is 1. The third-order valence-electron chi connectivity index (χ3n) is 4.66. The van der Waals surface area contributed by atoms with Crippen molar-refractivity contribution in [3.63, 3.8) is 0 Å². The SMILES string of the molecule is CCOC(=O)CCCCOc1ccc2[nH]c3c(c2c1)CC(NI)CC3. The second-order valence-corrected chi connectivity index (χ2v) is 7.07. The van der Waals surface area contributed by atoms with Crippen molar-refractivity contribution in [3.8, 4) is 5.75 Å². The number of ether oxygens (including phenoxy) is 2. The van der Waals surface area contributed by atoms with Gasteiger partial charge in [0.05, 0.1) is 13.2 Å². The standard InChI is InChI=1S/C19H25IN2O3/c1-2-24-19(23)5-3-4-10-25-14-7-9-18-16(12-14)15-11-13(22-20)6-8-17(15)21-18/h7,9,12-13,21-22H,2-6,8,10-11H2,1H3. The van der Waals surface area contributed by atoms with Crippen molar-refractivity contribution in [1.82, 2.24) is 8.51 Å². The molecule has 6 heteroatoms. The Bertz CT molecular complexity index is 729. The third-order valence-corrected chi connectivity index (χ3v) is 5.54. The molecule has 1 aliphatic carbocycles. The summed E-state index contributed by atoms with van der Waals surface area (Å²) in [4.78, 5) is 14.9. The smallest absolute Gasteiger partial charge is 0.305 e. The number of rotatable bonds is 8. The van der Waals surface area contributed by atoms with Gasteiger partial charge in [0, 0.05) is 51.9 Å². The Morgan fingerprint density at radius 2 is 2.28 bits per heavy atom. The fourth-order valence-corrected chi connectivity index (χ4v) is 3.91. The van der Waals surface area contributed by atoms with E-state index in [-0.39, 0.29) is 5.97 Å². The van der Waals surface area contributed by atoms with E-state index in [0.717, 1.165) is 31.4 Å². The predicted octanol–water partition coefficient (Wildman–Crippen LogP) is 4.08. The van der Waals surface area contributed by atoms with Crippen LogP contribution in [-0.4, -0.2) is 30.2 Å². The number of carbonyl (C=O) groups excluding carboxylic acids is 1. The molecule has 25 heavy (non-hydrogen) atoms. The molecule has 1 aliphatic rings. The fraction of sp³-hybridized carbons (Fsp3) is 0.526. The molecule has 0 spiro atoms. The third kappa shape index (κ3) is 4.67. The quantitative estimate of drug-likeness (QED) is 0.272. The summed E-state index contributed by atoms with van der Waals surface area (Å²) in [7, 11) is 0. The van der Waals surface area contributed by atoms with Crippen LogP contribution in [0.3, 0.4) is 0 Å². The van der Waals surface area contributed by atoms with Gasteiger partial charge in [-0.05, 0) is 62.8 Å². The minimum absolute atomic E-state index is 0.124. The Morgan fingerprint density at radius 1 is 1.40 bits per heavy atom. The van der Waals surface area contributed by atoms with Crippen LogP contribution in [0.15, 0.2) is 18.2 Å². The van der Waals surface area contributed by atoms with Gasteiger partial charge < -0.3 is 14.5 Å². The van der Waals surface area contributed by atoms with E-state index in [2.05, 4.69) is 43.5 Å². The van der Waals surface area contributed by atoms with Crippen molar-refractivity contribution in [2.24, 2.45) is 0 Å². The first kappa shape index (κ1) is 18.5. The topological polar surface area (TPSA) is 63.4 Å². The maximum absolute atomic E-state index is 11.3. The number of unbranched alkanes of at least 4 members (excludes halogenated alkanes) is 1. The molecule has 0 saturated carbocycles. The molecule has 1 atom stereocenters. The summed E-state index contributed by atoms with van der Waals surface area (Å²) in [5.74, 6) is 0.774. The highest BCUT2D eigenvalue weighted by molar-refractivity contribution is 14.1. The molecular formula is C19H25IN2O3. The van der Waals surface area contributed by atoms with Crippen molar-refractivity contribution in [2.75, 3.05) is 13.2 Å². The summed E-state index contributed by atoms with van der Waals surface area (Å²) in [5.41, 5.74) is 3.97. The van der Waals surface area contributed by atoms with E-state index in [9.17, 15) is 4.79 Å². The molecule has 3 rings (SSSR count). The first-order valence-corrected chi connectivity index (χ1v) is 10.1. The molecule has 0 aliphatic heterocycles. The first-order valence-electron chi connectivity index (χ1n) is 8.99. The Morgan fingerprint density at radius 3 is 3.08 bits per heavy atom. The van der Waals surface area contributed by atoms with E-state index in [0.29, 0.717) is 25.7 Å². The number of aromatic amines is 1. The van der Waals surface area contributed by atoms with E-state index in [1.807, 2.05) is 13.0 Å². The van der Waals surface area contributed by atoms with Crippen LogP contribution >= 0.6 is 22.9 Å². The molecule has 1 aromatic carbocycles. The maximum atomic E-state index is 11.3. The highest BCUT2D eigenvalue weighted by Crippen LogP contribution is 2.32. The summed E-state index contributed by atoms with van der Waals surface area (Å²) in [5, 5.41) is 1.27. The average molecular weight is 456 g/mol. The maximum Gasteiger partial charge on any atom is 0.305 e. The van der Waals surface area contributed by atoms with Gasteiger partial charge in [0.1, 0.15) is 5.75 Å². The summed E-state index contributed by atoms with van der Waals surface area (Å²) in [6, 6.07) is 6.81. The zero-order valence-corrected chi connectivity index (χ0v) is 16.7. The Labute approximate surface area is 162 Å². The second kappa shape index (κ2) is 8.89. The molecule has 0 radical (unpaired) electrons. The Balaban J connectivity index is 1.57. The van der Waals surface area contributed by atoms with E-state index < -0.39 is 0 Å². The lowest BCUT2D eigenvalue weighted by molar-refractivity contribution is -0.143. The monoisotopic (exact) mass is 456 g/mol. The predicted molar refractivity (Wildman–Crippen MR) is 107 cm³/mol. The van der Waals surface area contributed by atoms with Gasteiger partial charge in [-0.1, -0.05) is 0 Å². The van der Waals surface area contributed by atoms with Gasteiger partial charge in [-0.3, -0.25) is 8.32 Å². The molecule has 5 nitrogen and oxygen atoms in total. The van der Waals surface area contributed by atoms with Crippen LogP contribution in [0.4, 0.5) is 0 Å². The van der Waals surface area contributed by atoms with E-state index in [1.54, 1.807) is 0 Å². The van der Waals surface area contributed by atoms with Gasteiger partial charge >= 0.3 is 5.97 Å². The molecule has 2 N–H and O–H groups in total. The van der Waals surface area contributed by atoms with Gasteiger partial charge in [0.15, 0.2) is 0 Å². The fourth-order valence-electron chi connectivity index (χ4n) is 3.37. The number of H-pyrrole nitrogens is 1. The van der Waals surface area contributed by atoms with Crippen molar-refractivity contribution in [1.29, 1.82) is 0 Å². The normalized spacial score (nSPS) is 16.6. The van der Waals surface area contributed by atoms with Gasteiger partial charge in [-0.15, -0.1) is 0 Å². The number of carbonyl (C=O) groups is 1. The van der Waals surface area contributed by atoms with Crippen LogP contribution in [0.2, 0.25) is 0 Å². The lowest BCUT2D eigenvalue weighted by Gasteiger charge is -2.20. The molecule has 0 bridgehead atoms. The molecule has 0 fully saturated rings. The van der Waals surface area contributed by atoms with Crippen molar-refractivity contribution >= 4 is 39.7 Å². The highest BCUT2D eigenvalue weighted by Gasteiger charge is 2.21. The van der Waals surface area contributed by atoms with Crippen LogP contribution in [0.5, 0.6) is 5.75 Å². The summed E-state index contributed by atoms with van der Waals surface area (Å²) in [6.45, 7) is 2.90. The van der Waals surface area contributed by atoms with E-state index in [4.69, 9.17) is 9.47 Å². The molecule has 1 heterocycles. The number of halogens is 1. The number of hydrogen-bond donors (Lipinski definition) is 2. The summed E-state index contributed by atoms with van der Waals surface area (Å²) < 4.78 is 14.2. The zero-order chi connectivity index (χ0) is 17.6. The minimum Gasteiger partial charge on any atom is -0.494 e. The molecule has 2 aromatic rings. The molecule has 1 aromatic heterocycles. The summed E-state index contributed by atoms with van der Waals surface area (Å²) >= 11 is 2.25. The van der Waals surface area contributed by atoms with Crippen LogP contribution in [0.25, 0.3) is 10.9 Å². The number of aromatic nitrogens is 1. The molecule has 0 saturated heterocycles. The molecule has 136 valence electrons. The van der Waals surface area contributed by atoms with Gasteiger partial charge in [0.2, 0.25) is 0 Å². The highest BCUT2D eigenvalue weighted by atomic mass is 127. The molecule has 0 amide bonds. The van der Waals surface area contributed by atoms with Crippen LogP contribution in [0, 0.1) is 0 Å². The van der Waals surface area contributed by atoms with Crippen molar-refractivity contribution < 1.29 is 14.3 Å². The summed E-state index contributed by atoms with van der Waals surface area (Å²) in [6.07, 6.45) is 5.43. The zero-order valence-electron chi connectivity index (χ0n) is 14.6. The minimum atomic E-state index is -0.124. The largest absolute Gasteiger partial charge is 0.494 e. The van der Waals surface area contributed by atoms with Gasteiger partial charge in [-0.2, -0.15) is 0 Å². The van der Waals surface area contributed by atoms with Crippen LogP contribution in [0.1, 0.15) is 43.9 Å². The van der Waals surface area contributed by atoms with E-state index in [1.165, 1.54) is 28.6 Å². The Kier molecular flexibility index (Phi) is 6.58. The molecule has 1 unspecified atom stereocenters. The average Bonchev–Trinajstić information content (AvgIpc) is 2.98. The van der Waals surface area contributed by atoms with Crippen LogP contribution in [-0.2, 0) is 22.4 Å². The van der Waals surface area contributed by atoms with Crippen LogP contribution < -0.4 is 8.27 Å². The molecular weight excluding hydrogens is 431 g/mol. The first-order chi connectivity index (χ1) is 12.2. The number of benzene rings is 1. The number of hydrogen-bond acceptors (Lipinski definition) is 4. The van der Waals surface area contributed by atoms with Crippen molar-refractivity contribution in [2.45, 2.75) is 51.5 Å². The van der Waals surface area contributed by atoms with Gasteiger partial charge in [0.25, 0.3) is 0 Å². The number of fused-ring (bicyclic) bond motifs is 3. The van der Waals surface area contributed by atoms with Gasteiger partial charge in [-0.25, -0.2) is 0 Å². The Hall–Kier alpha value is -1.28. The number of nitrogens with one attached hydrogen (secondary N) is 2. The number of esters is 1. The van der Waals surface area contributed by atoms with Crippen molar-refractivity contribution in [3.05, 3.63) is 29.5 Å². The second-order valence-electron chi connectivity index (χ2n) is 6.45. The lowest BCUT2D eigenvalue weighted by atomic mass is 9.92. The van der Waals surface area contributed by atoms with E-state index >= 15 is 0 Å². The lowest BCUT2D eigenvalue weighted by Crippen LogP contribution is -2.27.